The quantitative estimate of drug-likeness (QED) is 0.311. The minimum absolute atomic E-state index is 0.162. The molecule has 1 aliphatic rings. The van der Waals surface area contributed by atoms with Crippen LogP contribution in [0.3, 0.4) is 0 Å². The Hall–Kier alpha value is -3.99. The van der Waals surface area contributed by atoms with Gasteiger partial charge in [0.1, 0.15) is 11.5 Å². The maximum atomic E-state index is 13.1. The van der Waals surface area contributed by atoms with E-state index in [1.165, 1.54) is 12.1 Å². The lowest BCUT2D eigenvalue weighted by Crippen LogP contribution is -2.49. The second-order valence-corrected chi connectivity index (χ2v) is 9.95. The number of imidazole rings is 1. The number of carbonyl (C=O) groups excluding carboxylic acids is 2. The Labute approximate surface area is 215 Å². The van der Waals surface area contributed by atoms with Crippen molar-refractivity contribution in [1.82, 2.24) is 24.4 Å². The van der Waals surface area contributed by atoms with Crippen molar-refractivity contribution >= 4 is 29.5 Å². The van der Waals surface area contributed by atoms with E-state index in [-0.39, 0.29) is 28.8 Å². The first-order valence-corrected chi connectivity index (χ1v) is 11.9. The van der Waals surface area contributed by atoms with Crippen molar-refractivity contribution in [3.8, 4) is 11.3 Å². The molecule has 0 aliphatic carbocycles. The zero-order valence-electron chi connectivity index (χ0n) is 21.8. The fourth-order valence-corrected chi connectivity index (χ4v) is 3.75. The number of amides is 1. The summed E-state index contributed by atoms with van der Waals surface area (Å²) in [6, 6.07) is 8.14. The maximum absolute atomic E-state index is 13.1. The van der Waals surface area contributed by atoms with Crippen LogP contribution in [0.25, 0.3) is 16.9 Å². The number of halogens is 1. The highest BCUT2D eigenvalue weighted by atomic mass is 19.1. The van der Waals surface area contributed by atoms with E-state index in [2.05, 4.69) is 40.7 Å². The molecule has 3 N–H and O–H groups in total. The number of aldehydes is 1. The first kappa shape index (κ1) is 27.6. The molecule has 196 valence electrons. The molecule has 0 saturated carbocycles. The summed E-state index contributed by atoms with van der Waals surface area (Å²) in [6.07, 6.45) is 2.31. The predicted octanol–water partition coefficient (Wildman–Crippen LogP) is 2.76. The van der Waals surface area contributed by atoms with Crippen LogP contribution in [0.2, 0.25) is 0 Å². The standard InChI is InChI=1S/C17H16FN3O.C9H17N5O/c1-17(2,3)14-8-15(11-4-6-12(18)7-5-11)20-21-9-13(10-22)19-16(14)21;1-7(10)12-8(11)9(15)14-5-3-13(2)4-6-14/h4-10H,1-3H3;3-6H2,1-2H3,(H3,10,11,12). The summed E-state index contributed by atoms with van der Waals surface area (Å²) in [5.74, 6) is -0.665. The number of fused-ring (bicyclic) bond motifs is 1. The topological polar surface area (TPSA) is 133 Å². The summed E-state index contributed by atoms with van der Waals surface area (Å²) < 4.78 is 14.7. The number of hydrogen-bond acceptors (Lipinski definition) is 6. The summed E-state index contributed by atoms with van der Waals surface area (Å²) >= 11 is 0. The fourth-order valence-electron chi connectivity index (χ4n) is 3.75. The first-order chi connectivity index (χ1) is 17.4. The highest BCUT2D eigenvalue weighted by Crippen LogP contribution is 2.29. The van der Waals surface area contributed by atoms with Crippen molar-refractivity contribution in [1.29, 1.82) is 5.41 Å². The number of likely N-dealkylation sites (N-methyl/N-ethyl adjacent to an activating group) is 1. The van der Waals surface area contributed by atoms with Gasteiger partial charge in [0, 0.05) is 37.3 Å². The Bertz CT molecular complexity index is 1310. The Morgan fingerprint density at radius 3 is 2.32 bits per heavy atom. The van der Waals surface area contributed by atoms with Crippen molar-refractivity contribution in [3.63, 3.8) is 0 Å². The van der Waals surface area contributed by atoms with Gasteiger partial charge >= 0.3 is 0 Å². The molecule has 3 aromatic rings. The van der Waals surface area contributed by atoms with Crippen molar-refractivity contribution in [3.05, 3.63) is 53.6 Å². The van der Waals surface area contributed by atoms with Gasteiger partial charge in [-0.3, -0.25) is 15.0 Å². The summed E-state index contributed by atoms with van der Waals surface area (Å²) in [6.45, 7) is 10.8. The first-order valence-electron chi connectivity index (χ1n) is 11.9. The number of piperazine rings is 1. The molecule has 0 spiro atoms. The number of benzene rings is 1. The average Bonchev–Trinajstić information content (AvgIpc) is 3.26. The van der Waals surface area contributed by atoms with E-state index < -0.39 is 0 Å². The lowest BCUT2D eigenvalue weighted by molar-refractivity contribution is -0.125. The van der Waals surface area contributed by atoms with Crippen molar-refractivity contribution in [2.75, 3.05) is 33.2 Å². The van der Waals surface area contributed by atoms with Gasteiger partial charge < -0.3 is 15.5 Å². The molecular weight excluding hydrogens is 475 g/mol. The Balaban J connectivity index is 0.000000222. The zero-order chi connectivity index (χ0) is 27.3. The molecule has 1 fully saturated rings. The molecule has 3 heterocycles. The second kappa shape index (κ2) is 11.4. The van der Waals surface area contributed by atoms with Crippen LogP contribution in [0, 0.1) is 11.2 Å². The monoisotopic (exact) mass is 508 g/mol. The fraction of sp³-hybridized carbons (Fsp3) is 0.385. The number of hydrogen-bond donors (Lipinski definition) is 2. The molecule has 4 rings (SSSR count). The summed E-state index contributed by atoms with van der Waals surface area (Å²) in [5.41, 5.74) is 8.67. The van der Waals surface area contributed by atoms with Crippen LogP contribution in [-0.4, -0.2) is 81.5 Å². The molecular formula is C26H33FN8O2. The number of carbonyl (C=O) groups is 2. The van der Waals surface area contributed by atoms with Gasteiger partial charge in [-0.15, -0.1) is 0 Å². The van der Waals surface area contributed by atoms with Crippen molar-refractivity contribution < 1.29 is 14.0 Å². The number of amidine groups is 2. The summed E-state index contributed by atoms with van der Waals surface area (Å²) in [7, 11) is 2.01. The number of nitrogens with zero attached hydrogens (tertiary/aromatic N) is 6. The third-order valence-corrected chi connectivity index (χ3v) is 5.79. The molecule has 11 heteroatoms. The van der Waals surface area contributed by atoms with Gasteiger partial charge in [0.15, 0.2) is 11.9 Å². The van der Waals surface area contributed by atoms with Crippen LogP contribution in [0.1, 0.15) is 43.7 Å². The van der Waals surface area contributed by atoms with Crippen LogP contribution >= 0.6 is 0 Å². The van der Waals surface area contributed by atoms with E-state index in [1.807, 2.05) is 13.1 Å². The van der Waals surface area contributed by atoms with Crippen LogP contribution in [0.15, 0.2) is 41.5 Å². The smallest absolute Gasteiger partial charge is 0.291 e. The van der Waals surface area contributed by atoms with Crippen LogP contribution < -0.4 is 5.73 Å². The summed E-state index contributed by atoms with van der Waals surface area (Å²) in [5, 5.41) is 11.9. The average molecular weight is 509 g/mol. The van der Waals surface area contributed by atoms with Gasteiger partial charge in [0.2, 0.25) is 5.84 Å². The number of aliphatic imine (C=N–C) groups is 1. The van der Waals surface area contributed by atoms with Crippen LogP contribution in [0.4, 0.5) is 4.39 Å². The van der Waals surface area contributed by atoms with E-state index in [1.54, 1.807) is 34.7 Å². The van der Waals surface area contributed by atoms with E-state index in [0.717, 1.165) is 24.2 Å². The SMILES string of the molecule is CC(C)(C)c1cc(-c2ccc(F)cc2)nn2cc(C=O)nc12.CC(N)=NC(=N)C(=O)N1CCN(C)CC1. The van der Waals surface area contributed by atoms with Crippen molar-refractivity contribution in [2.24, 2.45) is 10.7 Å². The molecule has 0 atom stereocenters. The van der Waals surface area contributed by atoms with E-state index in [9.17, 15) is 14.0 Å². The lowest BCUT2D eigenvalue weighted by atomic mass is 9.87. The highest BCUT2D eigenvalue weighted by Gasteiger charge is 2.23. The third kappa shape index (κ3) is 7.04. The molecule has 37 heavy (non-hydrogen) atoms. The van der Waals surface area contributed by atoms with Gasteiger partial charge in [0.05, 0.1) is 17.7 Å². The molecule has 10 nitrogen and oxygen atoms in total. The minimum Gasteiger partial charge on any atom is -0.387 e. The predicted molar refractivity (Wildman–Crippen MR) is 142 cm³/mol. The Kier molecular flexibility index (Phi) is 8.49. The normalized spacial score (nSPS) is 14.8. The Morgan fingerprint density at radius 1 is 1.16 bits per heavy atom. The molecule has 0 unspecified atom stereocenters. The molecule has 1 aromatic carbocycles. The molecule has 1 aliphatic heterocycles. The van der Waals surface area contributed by atoms with Crippen molar-refractivity contribution in [2.45, 2.75) is 33.1 Å². The largest absolute Gasteiger partial charge is 0.387 e. The van der Waals surface area contributed by atoms with Gasteiger partial charge in [-0.05, 0) is 49.7 Å². The second-order valence-electron chi connectivity index (χ2n) is 9.95. The lowest BCUT2D eigenvalue weighted by Gasteiger charge is -2.31. The highest BCUT2D eigenvalue weighted by molar-refractivity contribution is 6.38. The van der Waals surface area contributed by atoms with E-state index >= 15 is 0 Å². The van der Waals surface area contributed by atoms with Gasteiger partial charge in [0.25, 0.3) is 5.91 Å². The third-order valence-electron chi connectivity index (χ3n) is 5.79. The van der Waals surface area contributed by atoms with Gasteiger partial charge in [-0.25, -0.2) is 18.9 Å². The molecule has 0 radical (unpaired) electrons. The number of rotatable bonds is 2. The molecule has 0 bridgehead atoms. The van der Waals surface area contributed by atoms with E-state index in [4.69, 9.17) is 11.1 Å². The molecule has 1 saturated heterocycles. The van der Waals surface area contributed by atoms with Gasteiger partial charge in [-0.2, -0.15) is 5.10 Å². The van der Waals surface area contributed by atoms with Crippen LogP contribution in [-0.2, 0) is 10.2 Å². The summed E-state index contributed by atoms with van der Waals surface area (Å²) in [4.78, 5) is 34.4. The number of nitrogens with one attached hydrogen (secondary N) is 1. The minimum atomic E-state index is -0.340. The van der Waals surface area contributed by atoms with E-state index in [0.29, 0.717) is 36.4 Å². The molecule has 2 aromatic heterocycles. The molecule has 1 amide bonds. The Morgan fingerprint density at radius 2 is 1.78 bits per heavy atom. The van der Waals surface area contributed by atoms with Crippen LogP contribution in [0.5, 0.6) is 0 Å². The number of nitrogens with two attached hydrogens (primary N) is 1. The maximum Gasteiger partial charge on any atom is 0.291 e. The number of aromatic nitrogens is 3. The van der Waals surface area contributed by atoms with Gasteiger partial charge in [-0.1, -0.05) is 20.8 Å². The zero-order valence-corrected chi connectivity index (χ0v) is 21.8.